The van der Waals surface area contributed by atoms with Crippen LogP contribution in [0.3, 0.4) is 0 Å². The average Bonchev–Trinajstić information content (AvgIpc) is 3.13. The van der Waals surface area contributed by atoms with E-state index in [2.05, 4.69) is 31.8 Å². The number of hydrogen-bond acceptors (Lipinski definition) is 4. The van der Waals surface area contributed by atoms with Gasteiger partial charge >= 0.3 is 0 Å². The predicted molar refractivity (Wildman–Crippen MR) is 133 cm³/mol. The summed E-state index contributed by atoms with van der Waals surface area (Å²) in [5.74, 6) is 1.44. The molecule has 3 nitrogen and oxygen atoms in total. The van der Waals surface area contributed by atoms with E-state index in [1.807, 2.05) is 54.7 Å². The molecule has 3 aromatic rings. The van der Waals surface area contributed by atoms with Crippen LogP contribution in [0.2, 0.25) is 5.02 Å². The number of thiophene rings is 1. The van der Waals surface area contributed by atoms with E-state index in [1.165, 1.54) is 10.4 Å². The fraction of sp³-hybridized carbons (Fsp3) is 0.333. The standard InChI is InChI=1S/C27H27ClN2OS/c1-27(2,3)20-9-12-23-24(15-29)26(32-25(23)14-20)30-16-18-7-10-22(11-8-18)31-17-19-5-4-6-21(28)13-19/h4-8,10-11,13,16,20H,9,12,14,17H2,1-3H3/t20-/m0/s1. The minimum Gasteiger partial charge on any atom is -0.489 e. The maximum atomic E-state index is 9.75. The number of halogens is 1. The van der Waals surface area contributed by atoms with Crippen LogP contribution >= 0.6 is 22.9 Å². The van der Waals surface area contributed by atoms with E-state index in [0.29, 0.717) is 17.5 Å². The molecule has 0 spiro atoms. The molecule has 2 aromatic carbocycles. The fourth-order valence-electron chi connectivity index (χ4n) is 4.09. The second-order valence-electron chi connectivity index (χ2n) is 9.35. The Morgan fingerprint density at radius 1 is 1.22 bits per heavy atom. The summed E-state index contributed by atoms with van der Waals surface area (Å²) in [4.78, 5) is 6.03. The second kappa shape index (κ2) is 9.48. The molecule has 0 N–H and O–H groups in total. The van der Waals surface area contributed by atoms with Gasteiger partial charge < -0.3 is 4.74 Å². The molecule has 1 heterocycles. The normalized spacial score (nSPS) is 16.0. The van der Waals surface area contributed by atoms with Crippen LogP contribution in [-0.4, -0.2) is 6.21 Å². The van der Waals surface area contributed by atoms with Crippen molar-refractivity contribution in [3.63, 3.8) is 0 Å². The first kappa shape index (κ1) is 22.6. The van der Waals surface area contributed by atoms with Crippen molar-refractivity contribution >= 4 is 34.2 Å². The third kappa shape index (κ3) is 5.23. The molecule has 0 unspecified atom stereocenters. The summed E-state index contributed by atoms with van der Waals surface area (Å²) in [6.07, 6.45) is 5.00. The number of benzene rings is 2. The minimum absolute atomic E-state index is 0.286. The van der Waals surface area contributed by atoms with Gasteiger partial charge in [-0.15, -0.1) is 11.3 Å². The van der Waals surface area contributed by atoms with E-state index in [1.54, 1.807) is 11.3 Å². The van der Waals surface area contributed by atoms with E-state index in [9.17, 15) is 5.26 Å². The number of hydrogen-bond donors (Lipinski definition) is 0. The van der Waals surface area contributed by atoms with Crippen molar-refractivity contribution in [3.05, 3.63) is 80.7 Å². The van der Waals surface area contributed by atoms with Crippen molar-refractivity contribution in [3.8, 4) is 11.8 Å². The maximum absolute atomic E-state index is 9.75. The number of ether oxygens (including phenoxy) is 1. The first-order chi connectivity index (χ1) is 15.3. The molecule has 1 aliphatic carbocycles. The fourth-order valence-corrected chi connectivity index (χ4v) is 5.53. The summed E-state index contributed by atoms with van der Waals surface area (Å²) in [6.45, 7) is 7.39. The van der Waals surface area contributed by atoms with Gasteiger partial charge in [0.2, 0.25) is 0 Å². The highest BCUT2D eigenvalue weighted by atomic mass is 35.5. The highest BCUT2D eigenvalue weighted by Crippen LogP contribution is 2.44. The van der Waals surface area contributed by atoms with Gasteiger partial charge in [-0.2, -0.15) is 5.26 Å². The van der Waals surface area contributed by atoms with E-state index < -0.39 is 0 Å². The second-order valence-corrected chi connectivity index (χ2v) is 10.9. The van der Waals surface area contributed by atoms with Crippen LogP contribution in [0.1, 0.15) is 54.3 Å². The monoisotopic (exact) mass is 462 g/mol. The van der Waals surface area contributed by atoms with Gasteiger partial charge in [0.15, 0.2) is 0 Å². The molecule has 164 valence electrons. The molecular formula is C27H27ClN2OS. The molecule has 0 saturated heterocycles. The molecule has 0 fully saturated rings. The van der Waals surface area contributed by atoms with E-state index >= 15 is 0 Å². The van der Waals surface area contributed by atoms with Gasteiger partial charge in [-0.05, 0) is 83.7 Å². The van der Waals surface area contributed by atoms with Gasteiger partial charge in [-0.25, -0.2) is 4.99 Å². The number of aliphatic imine (C=N–C) groups is 1. The van der Waals surface area contributed by atoms with Crippen molar-refractivity contribution in [1.29, 1.82) is 5.26 Å². The molecule has 4 rings (SSSR count). The predicted octanol–water partition coefficient (Wildman–Crippen LogP) is 7.75. The lowest BCUT2D eigenvalue weighted by atomic mass is 9.72. The van der Waals surface area contributed by atoms with Gasteiger partial charge in [-0.1, -0.05) is 44.5 Å². The maximum Gasteiger partial charge on any atom is 0.134 e. The number of nitrogens with zero attached hydrogens (tertiary/aromatic N) is 2. The summed E-state index contributed by atoms with van der Waals surface area (Å²) in [5.41, 5.74) is 4.27. The van der Waals surface area contributed by atoms with Gasteiger partial charge in [0.05, 0.1) is 5.56 Å². The molecule has 1 aromatic heterocycles. The summed E-state index contributed by atoms with van der Waals surface area (Å²) < 4.78 is 5.85. The molecule has 0 amide bonds. The van der Waals surface area contributed by atoms with Gasteiger partial charge in [0.1, 0.15) is 23.4 Å². The van der Waals surface area contributed by atoms with Gasteiger partial charge in [0.25, 0.3) is 0 Å². The average molecular weight is 463 g/mol. The van der Waals surface area contributed by atoms with Crippen molar-refractivity contribution in [2.24, 2.45) is 16.3 Å². The van der Waals surface area contributed by atoms with Crippen molar-refractivity contribution in [2.75, 3.05) is 0 Å². The summed E-state index contributed by atoms with van der Waals surface area (Å²) in [6, 6.07) is 17.9. The third-order valence-corrected chi connectivity index (χ3v) is 7.49. The zero-order valence-corrected chi connectivity index (χ0v) is 20.3. The van der Waals surface area contributed by atoms with Crippen LogP contribution in [0.5, 0.6) is 5.75 Å². The van der Waals surface area contributed by atoms with Gasteiger partial charge in [-0.3, -0.25) is 0 Å². The number of rotatable bonds is 5. The highest BCUT2D eigenvalue weighted by Gasteiger charge is 2.32. The van der Waals surface area contributed by atoms with Crippen LogP contribution < -0.4 is 4.74 Å². The molecule has 32 heavy (non-hydrogen) atoms. The number of fused-ring (bicyclic) bond motifs is 1. The summed E-state index contributed by atoms with van der Waals surface area (Å²) in [7, 11) is 0. The Morgan fingerprint density at radius 2 is 2.00 bits per heavy atom. The van der Waals surface area contributed by atoms with Gasteiger partial charge in [0, 0.05) is 16.1 Å². The molecule has 1 aliphatic rings. The third-order valence-electron chi connectivity index (χ3n) is 6.09. The Hall–Kier alpha value is -2.61. The first-order valence-corrected chi connectivity index (χ1v) is 12.1. The smallest absolute Gasteiger partial charge is 0.134 e. The number of nitriles is 1. The van der Waals surface area contributed by atoms with Crippen LogP contribution in [0.4, 0.5) is 5.00 Å². The van der Waals surface area contributed by atoms with E-state index in [0.717, 1.165) is 46.7 Å². The first-order valence-electron chi connectivity index (χ1n) is 10.9. The van der Waals surface area contributed by atoms with Crippen LogP contribution in [0, 0.1) is 22.7 Å². The van der Waals surface area contributed by atoms with Crippen molar-refractivity contribution in [2.45, 2.75) is 46.6 Å². The topological polar surface area (TPSA) is 45.4 Å². The Morgan fingerprint density at radius 3 is 2.69 bits per heavy atom. The zero-order valence-electron chi connectivity index (χ0n) is 18.7. The molecule has 5 heteroatoms. The minimum atomic E-state index is 0.286. The Bertz CT molecular complexity index is 1170. The zero-order chi connectivity index (χ0) is 22.7. The van der Waals surface area contributed by atoms with Crippen LogP contribution in [0.15, 0.2) is 53.5 Å². The Labute approximate surface area is 199 Å². The Balaban J connectivity index is 1.44. The van der Waals surface area contributed by atoms with Crippen molar-refractivity contribution < 1.29 is 4.74 Å². The van der Waals surface area contributed by atoms with Crippen molar-refractivity contribution in [1.82, 2.24) is 0 Å². The van der Waals surface area contributed by atoms with E-state index in [-0.39, 0.29) is 5.41 Å². The highest BCUT2D eigenvalue weighted by molar-refractivity contribution is 7.16. The summed E-state index contributed by atoms with van der Waals surface area (Å²) in [5, 5.41) is 11.3. The quantitative estimate of drug-likeness (QED) is 0.364. The Kier molecular flexibility index (Phi) is 6.69. The van der Waals surface area contributed by atoms with E-state index in [4.69, 9.17) is 16.3 Å². The molecule has 0 bridgehead atoms. The molecule has 1 atom stereocenters. The molecule has 0 radical (unpaired) electrons. The lowest BCUT2D eigenvalue weighted by Gasteiger charge is -2.33. The largest absolute Gasteiger partial charge is 0.489 e. The molecule has 0 aliphatic heterocycles. The lowest BCUT2D eigenvalue weighted by molar-refractivity contribution is 0.218. The summed E-state index contributed by atoms with van der Waals surface area (Å²) >= 11 is 7.70. The SMILES string of the molecule is CC(C)(C)[C@H]1CCc2c(sc(N=Cc3ccc(OCc4cccc(Cl)c4)cc3)c2C#N)C1. The van der Waals surface area contributed by atoms with Crippen LogP contribution in [0.25, 0.3) is 0 Å². The lowest BCUT2D eigenvalue weighted by Crippen LogP contribution is -2.26. The van der Waals surface area contributed by atoms with Crippen LogP contribution in [-0.2, 0) is 19.4 Å². The molecular weight excluding hydrogens is 436 g/mol. The molecule has 0 saturated carbocycles.